The number of carbonyl (C=O) groups is 1. The molecular formula is C61H100O24. The molecule has 0 aromatic heterocycles. The summed E-state index contributed by atoms with van der Waals surface area (Å²) < 4.78 is 115. The fraction of sp³-hybridized carbons (Fsp3) is 0.984. The summed E-state index contributed by atoms with van der Waals surface area (Å²) in [6, 6.07) is 0. The third-order valence-electron chi connectivity index (χ3n) is 22.1. The highest BCUT2D eigenvalue weighted by Gasteiger charge is 2.70. The van der Waals surface area contributed by atoms with E-state index in [9.17, 15) is 30.3 Å². The van der Waals surface area contributed by atoms with Crippen molar-refractivity contribution < 1.29 is 116 Å². The van der Waals surface area contributed by atoms with Crippen molar-refractivity contribution in [2.45, 2.75) is 317 Å². The maximum Gasteiger partial charge on any atom is 0.187 e. The maximum absolute atomic E-state index is 13.5. The SMILES string of the molecule is CO[C@@H]1[C@H](O[C@H]2[C@@H](O)C[C@H](O[C@@H]3[C@@H](C)O[C@@H](O[C@H]4[C@@H](OC)C[C@H](O[C@H]5[C@@H](OC)C[C@H](O[C@H]6CC[C@@]7(C)[C@@H](CC[C@@]89O[C@@H](C)[C@@H]%10CCC(=O)[C@]%10(C)[C@@H](C[C@@H]87)O9)C6)O[C@@H]5C)O[C@@H]4C)C[C@H]3OC)O[C@@H]2C)O[C@H](C)C[C@H]1O[C@@H]1O[C@H](CO)[C@@H](O)[C@H](O)[C@H]1O. The van der Waals surface area contributed by atoms with Gasteiger partial charge in [-0.15, -0.1) is 0 Å². The van der Waals surface area contributed by atoms with Crippen molar-refractivity contribution >= 4 is 5.78 Å². The van der Waals surface area contributed by atoms with Crippen molar-refractivity contribution in [3.63, 3.8) is 0 Å². The van der Waals surface area contributed by atoms with Gasteiger partial charge in [-0.2, -0.15) is 0 Å². The topological polar surface area (TPSA) is 284 Å². The standard InChI is InChI=1S/C61H100O24/c1-27-19-40(78-57-51(67)50(66)49(65)41(26-62)79-57)56(71-12)58(72-27)83-52-29(3)73-45(21-36(52)63)80-53-31(5)75-47(23-38(53)69-10)82-55-32(6)76-48(24-39(55)70-11)81-54-30(4)74-46(22-37(54)68-9)77-34-16-17-59(7)33(20-34)15-18-61-42(59)25-44(85-61)60(8)35(28(2)84-61)13-14-43(60)64/h27-42,44-58,62-63,65-67H,13-26H2,1-12H3/t27-,28+,29-,30-,31-,32-,33+,34+,35+,36+,37+,38-,39+,40-,41-,42-,44-,45+,46+,47+,48+,49-,50+,51-,52-,53-,54-,55-,56+,57-,58+,59+,60-,61+/m1/s1. The molecule has 0 radical (unpaired) electrons. The highest BCUT2D eigenvalue weighted by Crippen LogP contribution is 2.67. The number of methoxy groups -OCH3 is 4. The predicted octanol–water partition coefficient (Wildman–Crippen LogP) is 3.30. The van der Waals surface area contributed by atoms with Crippen LogP contribution in [0.5, 0.6) is 0 Å². The quantitative estimate of drug-likeness (QED) is 0.131. The molecule has 1 spiro atoms. The van der Waals surface area contributed by atoms with Gasteiger partial charge in [-0.3, -0.25) is 4.79 Å². The predicted molar refractivity (Wildman–Crippen MR) is 294 cm³/mol. The van der Waals surface area contributed by atoms with Crippen LogP contribution in [0.1, 0.15) is 139 Å². The van der Waals surface area contributed by atoms with E-state index in [2.05, 4.69) is 20.8 Å². The molecule has 34 atom stereocenters. The summed E-state index contributed by atoms with van der Waals surface area (Å²) in [6.45, 7) is 15.5. The van der Waals surface area contributed by atoms with Crippen molar-refractivity contribution in [3.05, 3.63) is 0 Å². The molecule has 0 unspecified atom stereocenters. The van der Waals surface area contributed by atoms with Crippen LogP contribution in [0.4, 0.5) is 0 Å². The monoisotopic (exact) mass is 1220 g/mol. The van der Waals surface area contributed by atoms with Crippen LogP contribution in [0.2, 0.25) is 0 Å². The first-order valence-electron chi connectivity index (χ1n) is 31.7. The summed E-state index contributed by atoms with van der Waals surface area (Å²) >= 11 is 0. The van der Waals surface area contributed by atoms with Crippen LogP contribution in [0.25, 0.3) is 0 Å². The molecule has 24 heteroatoms. The largest absolute Gasteiger partial charge is 0.394 e. The summed E-state index contributed by atoms with van der Waals surface area (Å²) in [5.41, 5.74) is -0.469. The molecule has 0 aromatic rings. The van der Waals surface area contributed by atoms with Gasteiger partial charge in [0.2, 0.25) is 0 Å². The molecule has 2 bridgehead atoms. The van der Waals surface area contributed by atoms with Crippen LogP contribution < -0.4 is 0 Å². The van der Waals surface area contributed by atoms with Gasteiger partial charge in [-0.05, 0) is 98.3 Å². The van der Waals surface area contributed by atoms with Gasteiger partial charge in [-0.25, -0.2) is 0 Å². The van der Waals surface area contributed by atoms with E-state index < -0.39 is 159 Å². The first kappa shape index (κ1) is 65.2. The Kier molecular flexibility index (Phi) is 20.3. The molecule has 24 nitrogen and oxygen atoms in total. The van der Waals surface area contributed by atoms with Gasteiger partial charge in [0.25, 0.3) is 0 Å². The van der Waals surface area contributed by atoms with Crippen molar-refractivity contribution in [2.24, 2.45) is 28.6 Å². The van der Waals surface area contributed by atoms with Crippen LogP contribution in [-0.2, 0) is 90.1 Å². The third-order valence-corrected chi connectivity index (χ3v) is 22.1. The van der Waals surface area contributed by atoms with Gasteiger partial charge in [0.1, 0.15) is 60.7 Å². The molecule has 0 amide bonds. The number of fused-ring (bicyclic) bond motifs is 5. The van der Waals surface area contributed by atoms with Crippen molar-refractivity contribution in [1.29, 1.82) is 0 Å². The average molecular weight is 1220 g/mol. The van der Waals surface area contributed by atoms with E-state index in [1.807, 2.05) is 20.8 Å². The Morgan fingerprint density at radius 3 is 1.62 bits per heavy atom. The second kappa shape index (κ2) is 26.4. The van der Waals surface area contributed by atoms with Crippen LogP contribution in [-0.4, -0.2) is 244 Å². The Balaban J connectivity index is 0.636. The minimum Gasteiger partial charge on any atom is -0.394 e. The molecule has 8 heterocycles. The van der Waals surface area contributed by atoms with E-state index in [0.29, 0.717) is 43.8 Å². The number of aliphatic hydroxyl groups is 5. The Labute approximate surface area is 500 Å². The van der Waals surface area contributed by atoms with Crippen molar-refractivity contribution in [2.75, 3.05) is 35.0 Å². The zero-order valence-electron chi connectivity index (χ0n) is 51.8. The van der Waals surface area contributed by atoms with Crippen LogP contribution in [0.15, 0.2) is 0 Å². The molecule has 0 aromatic carbocycles. The summed E-state index contributed by atoms with van der Waals surface area (Å²) in [6.07, 6.45) is -11.4. The van der Waals surface area contributed by atoms with Gasteiger partial charge < -0.3 is 111 Å². The molecule has 8 saturated heterocycles. The number of aliphatic hydroxyl groups excluding tert-OH is 5. The summed E-state index contributed by atoms with van der Waals surface area (Å²) in [5.74, 6) is 0.591. The van der Waals surface area contributed by atoms with Crippen LogP contribution >= 0.6 is 0 Å². The fourth-order valence-corrected chi connectivity index (χ4v) is 17.3. The van der Waals surface area contributed by atoms with E-state index in [0.717, 1.165) is 44.9 Å². The molecule has 8 aliphatic heterocycles. The summed E-state index contributed by atoms with van der Waals surface area (Å²) in [7, 11) is 6.39. The number of rotatable bonds is 17. The molecule has 11 rings (SSSR count). The summed E-state index contributed by atoms with van der Waals surface area (Å²) in [5, 5.41) is 52.6. The zero-order chi connectivity index (χ0) is 60.6. The first-order valence-corrected chi connectivity index (χ1v) is 31.7. The van der Waals surface area contributed by atoms with Crippen molar-refractivity contribution in [1.82, 2.24) is 0 Å². The van der Waals surface area contributed by atoms with E-state index in [-0.39, 0.29) is 54.2 Å². The maximum atomic E-state index is 13.5. The molecular weight excluding hydrogens is 1120 g/mol. The Bertz CT molecular complexity index is 2210. The second-order valence-corrected chi connectivity index (χ2v) is 27.1. The number of carbonyl (C=O) groups excluding carboxylic acids is 1. The highest BCUT2D eigenvalue weighted by molar-refractivity contribution is 5.88. The van der Waals surface area contributed by atoms with E-state index in [1.54, 1.807) is 35.2 Å². The van der Waals surface area contributed by atoms with Crippen LogP contribution in [0.3, 0.4) is 0 Å². The number of Topliss-reactive ketones (excluding diaryl/α,β-unsaturated/α-hetero) is 1. The zero-order valence-corrected chi connectivity index (χ0v) is 51.8. The van der Waals surface area contributed by atoms with E-state index in [4.69, 9.17) is 85.3 Å². The average Bonchev–Trinajstić information content (AvgIpc) is 1.57. The first-order chi connectivity index (χ1) is 40.5. The number of ether oxygens (including phenoxy) is 18. The minimum absolute atomic E-state index is 0.0148. The fourth-order valence-electron chi connectivity index (χ4n) is 17.3. The summed E-state index contributed by atoms with van der Waals surface area (Å²) in [4.78, 5) is 13.5. The molecule has 11 aliphatic rings. The second-order valence-electron chi connectivity index (χ2n) is 27.1. The molecule has 85 heavy (non-hydrogen) atoms. The Morgan fingerprint density at radius 1 is 0.506 bits per heavy atom. The normalized spacial score (nSPS) is 54.7. The molecule has 488 valence electrons. The third kappa shape index (κ3) is 12.5. The number of ketones is 1. The van der Waals surface area contributed by atoms with Crippen LogP contribution in [0, 0.1) is 28.6 Å². The number of hydrogen-bond donors (Lipinski definition) is 5. The molecule has 5 N–H and O–H groups in total. The molecule has 11 fully saturated rings. The minimum atomic E-state index is -1.62. The Hall–Kier alpha value is -1.25. The van der Waals surface area contributed by atoms with E-state index in [1.165, 1.54) is 7.11 Å². The smallest absolute Gasteiger partial charge is 0.187 e. The van der Waals surface area contributed by atoms with Gasteiger partial charge in [0.05, 0.1) is 91.4 Å². The Morgan fingerprint density at radius 2 is 1.07 bits per heavy atom. The van der Waals surface area contributed by atoms with Crippen molar-refractivity contribution in [3.8, 4) is 0 Å². The lowest BCUT2D eigenvalue weighted by Crippen LogP contribution is -2.62. The van der Waals surface area contributed by atoms with Gasteiger partial charge in [-0.1, -0.05) is 6.92 Å². The van der Waals surface area contributed by atoms with Gasteiger partial charge in [0, 0.05) is 85.2 Å². The lowest BCUT2D eigenvalue weighted by Gasteiger charge is -2.57. The lowest BCUT2D eigenvalue weighted by atomic mass is 9.52. The van der Waals surface area contributed by atoms with Gasteiger partial charge >= 0.3 is 0 Å². The van der Waals surface area contributed by atoms with Gasteiger partial charge in [0.15, 0.2) is 43.5 Å². The molecule has 3 aliphatic carbocycles. The lowest BCUT2D eigenvalue weighted by molar-refractivity contribution is -0.364. The number of hydrogen-bond acceptors (Lipinski definition) is 24. The van der Waals surface area contributed by atoms with E-state index >= 15 is 0 Å². The molecule has 3 saturated carbocycles. The highest BCUT2D eigenvalue weighted by atomic mass is 16.8.